The number of alkyl halides is 2. The van der Waals surface area contributed by atoms with Gasteiger partial charge in [0.1, 0.15) is 11.4 Å². The highest BCUT2D eigenvalue weighted by Gasteiger charge is 2.14. The summed E-state index contributed by atoms with van der Waals surface area (Å²) in [5.74, 6) is 0. The predicted octanol–water partition coefficient (Wildman–Crippen LogP) is 4.07. The number of halogens is 4. The van der Waals surface area contributed by atoms with Crippen LogP contribution in [0, 0.1) is 0 Å². The fraction of sp³-hybridized carbons (Fsp3) is 0.200. The van der Waals surface area contributed by atoms with Gasteiger partial charge in [-0.15, -0.1) is 23.2 Å². The van der Waals surface area contributed by atoms with Gasteiger partial charge in [-0.25, -0.2) is 4.79 Å². The first kappa shape index (κ1) is 15.4. The number of benzene rings is 1. The summed E-state index contributed by atoms with van der Waals surface area (Å²) < 4.78 is 4.67. The van der Waals surface area contributed by atoms with E-state index in [1.54, 1.807) is 0 Å². The normalized spacial score (nSPS) is 10.3. The Morgan fingerprint density at radius 1 is 1.33 bits per heavy atom. The maximum absolute atomic E-state index is 11.3. The lowest BCUT2D eigenvalue weighted by molar-refractivity contribution is 0.108. The molecule has 0 spiro atoms. The minimum Gasteiger partial charge on any atom is -0.446 e. The van der Waals surface area contributed by atoms with Crippen LogP contribution < -0.4 is 5.32 Å². The van der Waals surface area contributed by atoms with Gasteiger partial charge in [0.05, 0.1) is 16.3 Å². The zero-order chi connectivity index (χ0) is 13.7. The molecule has 4 nitrogen and oxygen atoms in total. The number of ether oxygens (including phenoxy) is 1. The summed E-state index contributed by atoms with van der Waals surface area (Å²) in [4.78, 5) is 21.5. The van der Waals surface area contributed by atoms with Gasteiger partial charge >= 0.3 is 6.09 Å². The van der Waals surface area contributed by atoms with E-state index in [0.29, 0.717) is 0 Å². The quantitative estimate of drug-likeness (QED) is 0.668. The summed E-state index contributed by atoms with van der Waals surface area (Å²) in [5, 5.41) is 1.65. The molecule has 98 valence electrons. The van der Waals surface area contributed by atoms with Crippen LogP contribution in [0.2, 0.25) is 5.02 Å². The third-order valence-corrected chi connectivity index (χ3v) is 2.65. The van der Waals surface area contributed by atoms with Gasteiger partial charge in [0.2, 0.25) is 0 Å². The molecular weight excluding hydrogens is 324 g/mol. The first-order chi connectivity index (χ1) is 8.41. The minimum atomic E-state index is -0.818. The summed E-state index contributed by atoms with van der Waals surface area (Å²) in [6.07, 6.45) is -0.789. The van der Waals surface area contributed by atoms with E-state index in [9.17, 15) is 9.59 Å². The summed E-state index contributed by atoms with van der Waals surface area (Å²) in [6, 6.07) is 4.44. The standard InChI is InChI=1S/C10H7Cl4NO3/c11-7(12)4-18-10(17)15-6-3-1-2-5(8(6)13)9(14)16/h1-3,7H,4H2,(H,15,17). The van der Waals surface area contributed by atoms with Crippen LogP contribution in [0.15, 0.2) is 18.2 Å². The van der Waals surface area contributed by atoms with Crippen molar-refractivity contribution in [3.8, 4) is 0 Å². The highest BCUT2D eigenvalue weighted by Crippen LogP contribution is 2.27. The van der Waals surface area contributed by atoms with E-state index in [1.165, 1.54) is 18.2 Å². The molecule has 0 saturated carbocycles. The Balaban J connectivity index is 2.76. The molecule has 1 rings (SSSR count). The molecule has 0 aliphatic heterocycles. The van der Waals surface area contributed by atoms with E-state index in [0.717, 1.165) is 0 Å². The SMILES string of the molecule is O=C(Nc1cccc(C(=O)Cl)c1Cl)OCC(Cl)Cl. The maximum atomic E-state index is 11.3. The lowest BCUT2D eigenvalue weighted by Gasteiger charge is -2.09. The molecule has 1 aromatic carbocycles. The van der Waals surface area contributed by atoms with Crippen molar-refractivity contribution in [1.29, 1.82) is 0 Å². The highest BCUT2D eigenvalue weighted by molar-refractivity contribution is 6.69. The lowest BCUT2D eigenvalue weighted by atomic mass is 10.2. The van der Waals surface area contributed by atoms with Crippen LogP contribution >= 0.6 is 46.4 Å². The smallest absolute Gasteiger partial charge is 0.411 e. The lowest BCUT2D eigenvalue weighted by Crippen LogP contribution is -2.17. The van der Waals surface area contributed by atoms with Crippen LogP contribution in [0.5, 0.6) is 0 Å². The topological polar surface area (TPSA) is 55.4 Å². The van der Waals surface area contributed by atoms with Crippen molar-refractivity contribution in [1.82, 2.24) is 0 Å². The number of nitrogens with one attached hydrogen (secondary N) is 1. The molecule has 0 radical (unpaired) electrons. The first-order valence-electron chi connectivity index (χ1n) is 4.62. The zero-order valence-electron chi connectivity index (χ0n) is 8.75. The van der Waals surface area contributed by atoms with Gasteiger partial charge < -0.3 is 4.74 Å². The number of hydrogen-bond acceptors (Lipinski definition) is 3. The fourth-order valence-electron chi connectivity index (χ4n) is 1.07. The number of amides is 1. The molecule has 0 atom stereocenters. The number of carbonyl (C=O) groups is 2. The van der Waals surface area contributed by atoms with Crippen LogP contribution in [0.4, 0.5) is 10.5 Å². The van der Waals surface area contributed by atoms with Gasteiger partial charge in [0, 0.05) is 0 Å². The van der Waals surface area contributed by atoms with E-state index in [-0.39, 0.29) is 22.9 Å². The third kappa shape index (κ3) is 4.53. The van der Waals surface area contributed by atoms with Crippen molar-refractivity contribution in [2.45, 2.75) is 4.84 Å². The second kappa shape index (κ2) is 7.04. The molecule has 0 unspecified atom stereocenters. The van der Waals surface area contributed by atoms with E-state index < -0.39 is 16.2 Å². The van der Waals surface area contributed by atoms with Gasteiger partial charge in [0.25, 0.3) is 5.24 Å². The fourth-order valence-corrected chi connectivity index (χ4v) is 1.66. The predicted molar refractivity (Wildman–Crippen MR) is 72.1 cm³/mol. The molecule has 8 heteroatoms. The van der Waals surface area contributed by atoms with Crippen LogP contribution in [0.1, 0.15) is 10.4 Å². The number of anilines is 1. The Morgan fingerprint density at radius 3 is 2.56 bits per heavy atom. The highest BCUT2D eigenvalue weighted by atomic mass is 35.5. The Labute approximate surface area is 123 Å². The zero-order valence-corrected chi connectivity index (χ0v) is 11.8. The molecule has 0 bridgehead atoms. The Kier molecular flexibility index (Phi) is 6.02. The minimum absolute atomic E-state index is 0.0303. The van der Waals surface area contributed by atoms with E-state index in [1.807, 2.05) is 0 Å². The van der Waals surface area contributed by atoms with Gasteiger partial charge in [-0.3, -0.25) is 10.1 Å². The summed E-state index contributed by atoms with van der Waals surface area (Å²) >= 11 is 22.0. The van der Waals surface area contributed by atoms with Crippen molar-refractivity contribution < 1.29 is 14.3 Å². The Morgan fingerprint density at radius 2 is 2.00 bits per heavy atom. The second-order valence-electron chi connectivity index (χ2n) is 3.06. The summed E-state index contributed by atoms with van der Waals surface area (Å²) in [7, 11) is 0. The first-order valence-corrected chi connectivity index (χ1v) is 6.25. The summed E-state index contributed by atoms with van der Waals surface area (Å²) in [5.41, 5.74) is 0.289. The van der Waals surface area contributed by atoms with Crippen molar-refractivity contribution in [3.05, 3.63) is 28.8 Å². The van der Waals surface area contributed by atoms with Crippen LogP contribution in [-0.2, 0) is 4.74 Å². The van der Waals surface area contributed by atoms with Crippen molar-refractivity contribution in [2.24, 2.45) is 0 Å². The molecule has 0 aliphatic rings. The van der Waals surface area contributed by atoms with Gasteiger partial charge in [-0.05, 0) is 23.7 Å². The Bertz CT molecular complexity index is 464. The molecule has 18 heavy (non-hydrogen) atoms. The van der Waals surface area contributed by atoms with Crippen molar-refractivity contribution in [3.63, 3.8) is 0 Å². The molecule has 0 fully saturated rings. The monoisotopic (exact) mass is 329 g/mol. The van der Waals surface area contributed by atoms with Gasteiger partial charge in [-0.2, -0.15) is 0 Å². The molecule has 0 aliphatic carbocycles. The molecular formula is C10H7Cl4NO3. The largest absolute Gasteiger partial charge is 0.446 e. The second-order valence-corrected chi connectivity index (χ2v) is 5.05. The summed E-state index contributed by atoms with van der Waals surface area (Å²) in [6.45, 7) is -0.166. The molecule has 1 aromatic rings. The van der Waals surface area contributed by atoms with Gasteiger partial charge in [-0.1, -0.05) is 17.7 Å². The van der Waals surface area contributed by atoms with Crippen molar-refractivity contribution in [2.75, 3.05) is 11.9 Å². The number of hydrogen-bond donors (Lipinski definition) is 1. The molecule has 1 amide bonds. The van der Waals surface area contributed by atoms with Crippen LogP contribution in [0.25, 0.3) is 0 Å². The average Bonchev–Trinajstić information content (AvgIpc) is 2.29. The Hall–Kier alpha value is -0.680. The molecule has 1 N–H and O–H groups in total. The maximum Gasteiger partial charge on any atom is 0.411 e. The van der Waals surface area contributed by atoms with Gasteiger partial charge in [0.15, 0.2) is 0 Å². The van der Waals surface area contributed by atoms with E-state index in [4.69, 9.17) is 46.4 Å². The third-order valence-electron chi connectivity index (χ3n) is 1.79. The molecule has 0 aromatic heterocycles. The van der Waals surface area contributed by atoms with E-state index >= 15 is 0 Å². The van der Waals surface area contributed by atoms with Crippen LogP contribution in [-0.4, -0.2) is 22.8 Å². The average molecular weight is 331 g/mol. The number of carbonyl (C=O) groups excluding carboxylic acids is 2. The number of rotatable bonds is 4. The van der Waals surface area contributed by atoms with Crippen LogP contribution in [0.3, 0.4) is 0 Å². The van der Waals surface area contributed by atoms with Crippen molar-refractivity contribution >= 4 is 63.4 Å². The molecule has 0 heterocycles. The van der Waals surface area contributed by atoms with E-state index in [2.05, 4.69) is 10.1 Å². The molecule has 0 saturated heterocycles.